The van der Waals surface area contributed by atoms with Crippen LogP contribution in [0.5, 0.6) is 5.75 Å². The number of rotatable bonds is 14. The number of carbonyl (C=O) groups is 4. The van der Waals surface area contributed by atoms with Crippen LogP contribution >= 0.6 is 0 Å². The number of phenols is 1. The molecule has 3 unspecified atom stereocenters. The number of benzene rings is 1. The van der Waals surface area contributed by atoms with Crippen molar-refractivity contribution in [3.8, 4) is 5.75 Å². The highest BCUT2D eigenvalue weighted by atomic mass is 16.5. The summed E-state index contributed by atoms with van der Waals surface area (Å²) >= 11 is 0. The van der Waals surface area contributed by atoms with Crippen molar-refractivity contribution < 1.29 is 47.6 Å². The maximum absolute atomic E-state index is 13.3. The molecule has 0 saturated heterocycles. The van der Waals surface area contributed by atoms with E-state index in [4.69, 9.17) is 4.74 Å². The Bertz CT molecular complexity index is 1000. The Kier molecular flexibility index (Phi) is 13.6. The number of nitrogens with one attached hydrogen (secondary N) is 1. The molecule has 38 heavy (non-hydrogen) atoms. The van der Waals surface area contributed by atoms with E-state index in [2.05, 4.69) is 5.32 Å². The van der Waals surface area contributed by atoms with Gasteiger partial charge in [-0.3, -0.25) is 19.7 Å². The molecule has 10 heteroatoms. The van der Waals surface area contributed by atoms with Crippen LogP contribution in [-0.2, 0) is 20.7 Å². The van der Waals surface area contributed by atoms with Gasteiger partial charge in [-0.2, -0.15) is 0 Å². The van der Waals surface area contributed by atoms with Crippen LogP contribution in [0.2, 0.25) is 0 Å². The van der Waals surface area contributed by atoms with Crippen LogP contribution in [0, 0.1) is 17.8 Å². The number of Topliss-reactive ketones (excluding diaryl/α,β-unsaturated/α-hetero) is 3. The number of aliphatic hydroxyl groups is 2. The van der Waals surface area contributed by atoms with Gasteiger partial charge in [0.2, 0.25) is 0 Å². The maximum atomic E-state index is 13.3. The molecule has 6 N–H and O–H groups in total. The molecule has 0 bridgehead atoms. The average molecular weight is 542 g/mol. The lowest BCUT2D eigenvalue weighted by molar-refractivity contribution is -0.131. The molecule has 0 aliphatic heterocycles. The molecule has 3 atom stereocenters. The Morgan fingerprint density at radius 2 is 1.89 bits per heavy atom. The van der Waals surface area contributed by atoms with Gasteiger partial charge in [0, 0.05) is 21.8 Å². The smallest absolute Gasteiger partial charge is 0.411 e. The quantitative estimate of drug-likeness (QED) is 0.156. The first-order valence-corrected chi connectivity index (χ1v) is 13.1. The molecule has 1 aliphatic rings. The van der Waals surface area contributed by atoms with Crippen molar-refractivity contribution in [1.29, 1.82) is 0 Å². The summed E-state index contributed by atoms with van der Waals surface area (Å²) in [5.74, 6) is -2.58. The van der Waals surface area contributed by atoms with Gasteiger partial charge in [0.05, 0.1) is 30.9 Å². The summed E-state index contributed by atoms with van der Waals surface area (Å²) in [5, 5.41) is 33.0. The fourth-order valence-corrected chi connectivity index (χ4v) is 5.18. The number of carbonyl (C=O) groups excluding carboxylic acids is 4. The SMILES string of the molecule is CCCCOC(=O)Nc1cc(C(C)C)c2c(c1O)C(=O)CC(CC(CCO)C(CO)C(=O)CC(C)=O)C2.O.[HH].[HH]. The Morgan fingerprint density at radius 3 is 2.45 bits per heavy atom. The zero-order chi connectivity index (χ0) is 27.7. The molecule has 1 aromatic carbocycles. The minimum Gasteiger partial charge on any atom is -0.505 e. The second kappa shape index (κ2) is 15.6. The van der Waals surface area contributed by atoms with Crippen LogP contribution < -0.4 is 5.32 Å². The number of fused-ring (bicyclic) bond motifs is 1. The molecule has 10 nitrogen and oxygen atoms in total. The summed E-state index contributed by atoms with van der Waals surface area (Å²) in [4.78, 5) is 49.5. The lowest BCUT2D eigenvalue weighted by Gasteiger charge is -2.32. The van der Waals surface area contributed by atoms with Gasteiger partial charge in [-0.1, -0.05) is 27.2 Å². The van der Waals surface area contributed by atoms with Gasteiger partial charge >= 0.3 is 6.09 Å². The average Bonchev–Trinajstić information content (AvgIpc) is 2.80. The standard InChI is InChI=1S/C28H41NO8.H2O.2H2/c1-5-6-9-37-28(36)29-23-14-20(16(2)3)21-12-18(13-25(34)26(21)27(23)35)11-19(7-8-30)22(15-31)24(33)10-17(4)32;;;/h14,16,18-19,22,30-31,35H,5-13,15H2,1-4H3,(H,29,36);1H2;2*1H. The highest BCUT2D eigenvalue weighted by Crippen LogP contribution is 2.43. The fourth-order valence-electron chi connectivity index (χ4n) is 5.18. The number of hydrogen-bond donors (Lipinski definition) is 4. The molecule has 0 saturated carbocycles. The molecule has 0 heterocycles. The fraction of sp³-hybridized carbons (Fsp3) is 0.643. The van der Waals surface area contributed by atoms with E-state index < -0.39 is 24.5 Å². The second-order valence-electron chi connectivity index (χ2n) is 10.3. The number of ether oxygens (including phenoxy) is 1. The van der Waals surface area contributed by atoms with Crippen molar-refractivity contribution in [2.45, 2.75) is 78.6 Å². The number of amides is 1. The van der Waals surface area contributed by atoms with Crippen molar-refractivity contribution >= 4 is 29.1 Å². The van der Waals surface area contributed by atoms with Gasteiger partial charge in [0.15, 0.2) is 5.78 Å². The molecule has 1 aliphatic carbocycles. The van der Waals surface area contributed by atoms with E-state index in [9.17, 15) is 34.5 Å². The number of phenolic OH excluding ortho intramolecular Hbond substituents is 1. The minimum absolute atomic E-state index is 0. The molecule has 2 rings (SSSR count). The van der Waals surface area contributed by atoms with Crippen molar-refractivity contribution in [2.75, 3.05) is 25.1 Å². The highest BCUT2D eigenvalue weighted by Gasteiger charge is 2.36. The van der Waals surface area contributed by atoms with Crippen LogP contribution in [0.25, 0.3) is 0 Å². The molecule has 1 aromatic rings. The van der Waals surface area contributed by atoms with Gasteiger partial charge in [-0.15, -0.1) is 0 Å². The number of anilines is 1. The van der Waals surface area contributed by atoms with E-state index in [0.717, 1.165) is 18.4 Å². The van der Waals surface area contributed by atoms with Crippen LogP contribution in [-0.4, -0.2) is 64.1 Å². The predicted molar refractivity (Wildman–Crippen MR) is 147 cm³/mol. The summed E-state index contributed by atoms with van der Waals surface area (Å²) < 4.78 is 5.14. The molecule has 0 fully saturated rings. The van der Waals surface area contributed by atoms with E-state index >= 15 is 0 Å². The summed E-state index contributed by atoms with van der Waals surface area (Å²) in [5.41, 5.74) is 1.84. The molecule has 0 aromatic heterocycles. The molecular formula is C28H47NO9. The Morgan fingerprint density at radius 1 is 1.21 bits per heavy atom. The van der Waals surface area contributed by atoms with Gasteiger partial charge in [-0.05, 0) is 67.6 Å². The molecule has 218 valence electrons. The van der Waals surface area contributed by atoms with Crippen LogP contribution in [0.3, 0.4) is 0 Å². The first kappa shape index (κ1) is 33.2. The lowest BCUT2D eigenvalue weighted by Crippen LogP contribution is -2.33. The summed E-state index contributed by atoms with van der Waals surface area (Å²) in [6, 6.07) is 1.67. The van der Waals surface area contributed by atoms with Crippen LogP contribution in [0.15, 0.2) is 6.07 Å². The molecular weight excluding hydrogens is 494 g/mol. The highest BCUT2D eigenvalue weighted by molar-refractivity contribution is 6.04. The summed E-state index contributed by atoms with van der Waals surface area (Å²) in [7, 11) is 0. The Balaban J connectivity index is 0. The number of unbranched alkanes of at least 4 members (excludes halogenated alkanes) is 1. The van der Waals surface area contributed by atoms with Gasteiger partial charge < -0.3 is 25.5 Å². The van der Waals surface area contributed by atoms with Crippen molar-refractivity contribution in [2.24, 2.45) is 17.8 Å². The van der Waals surface area contributed by atoms with Crippen LogP contribution in [0.1, 0.15) is 96.5 Å². The molecule has 0 spiro atoms. The maximum Gasteiger partial charge on any atom is 0.411 e. The first-order valence-electron chi connectivity index (χ1n) is 13.1. The van der Waals surface area contributed by atoms with Crippen molar-refractivity contribution in [1.82, 2.24) is 0 Å². The first-order chi connectivity index (χ1) is 17.5. The Labute approximate surface area is 227 Å². The van der Waals surface area contributed by atoms with Crippen molar-refractivity contribution in [3.63, 3.8) is 0 Å². The summed E-state index contributed by atoms with van der Waals surface area (Å²) in [6.07, 6.45) is 1.86. The topological polar surface area (TPSA) is 182 Å². The zero-order valence-corrected chi connectivity index (χ0v) is 22.8. The van der Waals surface area contributed by atoms with E-state index in [1.165, 1.54) is 6.92 Å². The third kappa shape index (κ3) is 8.61. The van der Waals surface area contributed by atoms with Gasteiger partial charge in [0.1, 0.15) is 17.3 Å². The summed E-state index contributed by atoms with van der Waals surface area (Å²) in [6.45, 7) is 6.84. The zero-order valence-electron chi connectivity index (χ0n) is 22.8. The molecule has 0 radical (unpaired) electrons. The number of aliphatic hydroxyl groups excluding tert-OH is 2. The van der Waals surface area contributed by atoms with Crippen molar-refractivity contribution in [3.05, 3.63) is 22.8 Å². The Hall–Kier alpha value is -2.82. The second-order valence-corrected chi connectivity index (χ2v) is 10.3. The minimum atomic E-state index is -0.796. The third-order valence-electron chi connectivity index (χ3n) is 7.02. The predicted octanol–water partition coefficient (Wildman–Crippen LogP) is 3.82. The van der Waals surface area contributed by atoms with E-state index in [-0.39, 0.29) is 87.0 Å². The van der Waals surface area contributed by atoms with E-state index in [1.807, 2.05) is 20.8 Å². The van der Waals surface area contributed by atoms with E-state index in [0.29, 0.717) is 18.4 Å². The van der Waals surface area contributed by atoms with E-state index in [1.54, 1.807) is 6.07 Å². The number of hydrogen-bond acceptors (Lipinski definition) is 8. The number of ketones is 3. The third-order valence-corrected chi connectivity index (χ3v) is 7.02. The van der Waals surface area contributed by atoms with Crippen LogP contribution in [0.4, 0.5) is 10.5 Å². The van der Waals surface area contributed by atoms with Gasteiger partial charge in [-0.25, -0.2) is 4.79 Å². The monoisotopic (exact) mass is 541 g/mol. The normalized spacial score (nSPS) is 16.3. The number of aromatic hydroxyl groups is 1. The molecule has 1 amide bonds. The largest absolute Gasteiger partial charge is 0.505 e. The lowest BCUT2D eigenvalue weighted by atomic mass is 9.72. The van der Waals surface area contributed by atoms with Gasteiger partial charge in [0.25, 0.3) is 0 Å².